The second-order valence-corrected chi connectivity index (χ2v) is 42.8. The van der Waals surface area contributed by atoms with Crippen molar-refractivity contribution in [2.75, 3.05) is 198 Å². The molecule has 0 bridgehead atoms. The van der Waals surface area contributed by atoms with Gasteiger partial charge in [-0.25, -0.2) is 19.9 Å². The third-order valence-electron chi connectivity index (χ3n) is 22.4. The van der Waals surface area contributed by atoms with Crippen LogP contribution < -0.4 is 51.6 Å². The number of hydrogen-bond acceptors (Lipinski definition) is 27. The smallest absolute Gasteiger partial charge is 0.294 e. The highest BCUT2D eigenvalue weighted by Gasteiger charge is 2.34. The third kappa shape index (κ3) is 26.2. The number of unbranched alkanes of at least 4 members (excludes halogenated alkanes) is 1. The van der Waals surface area contributed by atoms with Crippen molar-refractivity contribution in [1.29, 1.82) is 0 Å². The Balaban J connectivity index is 0.000000171. The average molecular weight is 1870 g/mol. The Kier molecular flexibility index (Phi) is 34.4. The van der Waals surface area contributed by atoms with E-state index in [0.717, 1.165) is 196 Å². The van der Waals surface area contributed by atoms with E-state index < -0.39 is 24.4 Å². The summed E-state index contributed by atoms with van der Waals surface area (Å²) >= 11 is 15.9. The van der Waals surface area contributed by atoms with Gasteiger partial charge in [0.2, 0.25) is 11.2 Å². The van der Waals surface area contributed by atoms with E-state index in [9.17, 15) is 17.5 Å². The van der Waals surface area contributed by atoms with E-state index >= 15 is 0 Å². The Bertz CT molecular complexity index is 4960. The molecule has 0 amide bonds. The van der Waals surface area contributed by atoms with Crippen molar-refractivity contribution < 1.29 is 46.2 Å². The summed E-state index contributed by atoms with van der Waals surface area (Å²) in [5.41, 5.74) is 22.7. The molecule has 0 aliphatic carbocycles. The predicted octanol–water partition coefficient (Wildman–Crippen LogP) is 16.6. The first-order valence-electron chi connectivity index (χ1n) is 40.6. The van der Waals surface area contributed by atoms with Gasteiger partial charge in [-0.1, -0.05) is 43.2 Å². The number of nitrogen functional groups attached to an aromatic ring is 1. The molecule has 34 heteroatoms. The van der Waals surface area contributed by atoms with Crippen LogP contribution in [0.15, 0.2) is 133 Å². The molecule has 0 unspecified atom stereocenters. The van der Waals surface area contributed by atoms with Crippen LogP contribution in [0.25, 0.3) is 22.5 Å². The van der Waals surface area contributed by atoms with Gasteiger partial charge in [-0.3, -0.25) is 14.4 Å². The zero-order chi connectivity index (χ0) is 85.0. The van der Waals surface area contributed by atoms with Crippen molar-refractivity contribution >= 4 is 153 Å². The number of benzene rings is 5. The highest BCUT2D eigenvalue weighted by Crippen LogP contribution is 2.46. The molecule has 6 aliphatic rings. The maximum atomic E-state index is 13.5. The molecule has 15 rings (SSSR count). The molecule has 6 aliphatic heterocycles. The number of aromatic nitrogens is 6. The first-order valence-corrected chi connectivity index (χ1v) is 51.1. The van der Waals surface area contributed by atoms with Gasteiger partial charge in [-0.15, -0.1) is 22.7 Å². The van der Waals surface area contributed by atoms with Crippen molar-refractivity contribution in [3.8, 4) is 34.0 Å². The molecule has 4 aromatic heterocycles. The van der Waals surface area contributed by atoms with Crippen molar-refractivity contribution in [2.45, 2.75) is 107 Å². The summed E-state index contributed by atoms with van der Waals surface area (Å²) in [7, 11) is -1.32. The Hall–Kier alpha value is -6.74. The van der Waals surface area contributed by atoms with Crippen LogP contribution in [-0.4, -0.2) is 246 Å². The summed E-state index contributed by atoms with van der Waals surface area (Å²) in [6.45, 7) is 28.2. The van der Waals surface area contributed by atoms with Gasteiger partial charge >= 0.3 is 0 Å². The minimum Gasteiger partial charge on any atom is -0.495 e. The highest BCUT2D eigenvalue weighted by atomic mass is 79.9. The van der Waals surface area contributed by atoms with Crippen molar-refractivity contribution in [3.05, 3.63) is 150 Å². The number of hydrogen-bond donors (Lipinski definition) is 6. The zero-order valence-electron chi connectivity index (χ0n) is 69.8. The molecule has 0 radical (unpaired) electrons. The van der Waals surface area contributed by atoms with Crippen molar-refractivity contribution in [1.82, 2.24) is 49.5 Å². The summed E-state index contributed by atoms with van der Waals surface area (Å²) in [6.07, 6.45) is 14.3. The molecule has 0 atom stereocenters. The Morgan fingerprint density at radius 1 is 0.580 bits per heavy atom. The fourth-order valence-electron chi connectivity index (χ4n) is 15.6. The molecule has 7 N–H and O–H groups in total. The number of piperazine rings is 2. The number of aryl methyl sites for hydroxylation is 1. The molecular weight excluding hydrogens is 1760 g/mol. The Morgan fingerprint density at radius 2 is 1.03 bits per heavy atom. The molecule has 9 aromatic rings. The lowest BCUT2D eigenvalue weighted by Gasteiger charge is -2.43. The summed E-state index contributed by atoms with van der Waals surface area (Å²) in [5, 5.41) is 23.7. The number of ether oxygens (including phenoxy) is 4. The van der Waals surface area contributed by atoms with Crippen molar-refractivity contribution in [3.63, 3.8) is 0 Å². The van der Waals surface area contributed by atoms with Gasteiger partial charge in [-0.2, -0.15) is 18.4 Å². The van der Waals surface area contributed by atoms with Crippen LogP contribution in [0.4, 0.5) is 51.7 Å². The molecule has 119 heavy (non-hydrogen) atoms. The maximum absolute atomic E-state index is 13.5. The quantitative estimate of drug-likeness (QED) is 0.0169. The van der Waals surface area contributed by atoms with Gasteiger partial charge in [0.1, 0.15) is 37.4 Å². The van der Waals surface area contributed by atoms with Crippen LogP contribution in [0, 0.1) is 6.92 Å². The first-order chi connectivity index (χ1) is 57.1. The minimum absolute atomic E-state index is 0.0666. The van der Waals surface area contributed by atoms with E-state index in [1.807, 2.05) is 54.1 Å². The second kappa shape index (κ2) is 44.0. The number of piperidine rings is 2. The zero-order valence-corrected chi connectivity index (χ0v) is 78.0. The van der Waals surface area contributed by atoms with Crippen molar-refractivity contribution in [2.24, 2.45) is 0 Å². The summed E-state index contributed by atoms with van der Waals surface area (Å²) in [6, 6.07) is 27.8. The molecule has 6 saturated heterocycles. The number of likely N-dealkylation sites (N-methyl/N-ethyl adjacent to an activating group) is 2. The molecular formula is C85H115Br2ClN16O10P2S3. The minimum atomic E-state index is -4.02. The fraction of sp³-hybridized carbons (Fsp3) is 0.482. The monoisotopic (exact) mass is 1870 g/mol. The van der Waals surface area contributed by atoms with Gasteiger partial charge in [0.15, 0.2) is 0 Å². The topological polar surface area (TPSA) is 305 Å². The van der Waals surface area contributed by atoms with Gasteiger partial charge in [0.25, 0.3) is 10.1 Å². The van der Waals surface area contributed by atoms with E-state index in [1.165, 1.54) is 109 Å². The Morgan fingerprint density at radius 3 is 1.44 bits per heavy atom. The standard InChI is InChI=1S/C37H48BrN8O3PS.C22H36N4O2.C15H13BrClN4OPS.C7H8O3S.C4H10O/c1-44-13-15-45(16-14-44)27-7-11-46(12-8-27)33-21-34(48-2)31(20-28(33)25-9-17-49-18-10-25)42-37-39-22-29(38)36(43-37)41-30-6-5-26(32-23-51-24-40-32)19-35(30)50(3,4)47;1-24-9-11-25(12-10-24)18-3-7-26(8-4-18)21-16-22(27-2)20(23)15-19(21)17-5-13-28-14-6-17;1-23(2,22)13-5-9(12-7-24-8-19-12)3-4-11(13)20-14-10(16)6-18-15(17)21-14;1-6-2-4-7(5-3-6)11(8,9)10;1-2-3-4-5/h5-6,19-25,27H,7-18H2,1-4H3,(H2,39,41,42,43);15-18H,3-14,23H2,1-2H3;3-8H,1-2H3,(H,18,20,21);2-5H,1H3,(H,8,9,10);5H,2-4H2,1H3. The lowest BCUT2D eigenvalue weighted by molar-refractivity contribution is 0.0851. The number of nitrogens with two attached hydrogens (primary N) is 1. The number of nitrogens with one attached hydrogen (secondary N) is 3. The van der Waals surface area contributed by atoms with E-state index in [2.05, 4.69) is 147 Å². The summed E-state index contributed by atoms with van der Waals surface area (Å²) in [5.74, 6) is 3.98. The SMILES string of the molecule is CCCCO.COc1cc(N2CCC(N3CCN(C)CC3)CC2)c(C2CCOCC2)cc1N.COc1cc(N2CCC(N3CCN(C)CC3)CC2)c(C2CCOCC2)cc1Nc1ncc(Br)c(Nc2ccc(-c3cscn3)cc2P(C)(C)=O)n1.CP(C)(=O)c1cc(-c2cscn2)ccc1Nc1nc(Cl)ncc1Br.Cc1ccc(S(=O)(=O)O)cc1. The van der Waals surface area contributed by atoms with E-state index in [4.69, 9.17) is 50.9 Å². The number of methoxy groups -OCH3 is 2. The third-order valence-corrected chi connectivity index (χ3v) is 28.9. The molecule has 0 saturated carbocycles. The number of nitrogens with zero attached hydrogens (tertiary/aromatic N) is 12. The number of rotatable bonds is 21. The van der Waals surface area contributed by atoms with Crippen LogP contribution in [0.1, 0.15) is 99.7 Å². The summed E-state index contributed by atoms with van der Waals surface area (Å²) < 4.78 is 80.1. The first kappa shape index (κ1) is 93.0. The molecule has 6 fully saturated rings. The highest BCUT2D eigenvalue weighted by molar-refractivity contribution is 9.11. The lowest BCUT2D eigenvalue weighted by Crippen LogP contribution is -2.52. The van der Waals surface area contributed by atoms with Crippen LogP contribution >= 0.6 is 80.4 Å². The normalized spacial score (nSPS) is 17.3. The number of aliphatic hydroxyl groups excluding tert-OH is 1. The lowest BCUT2D eigenvalue weighted by atomic mass is 9.88. The molecule has 644 valence electrons. The van der Waals surface area contributed by atoms with Crippen LogP contribution in [0.3, 0.4) is 0 Å². The molecule has 0 spiro atoms. The van der Waals surface area contributed by atoms with Crippen LogP contribution in [0.2, 0.25) is 5.28 Å². The number of halogens is 3. The molecule has 26 nitrogen and oxygen atoms in total. The van der Waals surface area contributed by atoms with Gasteiger partial charge in [-0.05, 0) is 220 Å². The van der Waals surface area contributed by atoms with Gasteiger partial charge in [0.05, 0.1) is 73.2 Å². The largest absolute Gasteiger partial charge is 0.495 e. The van der Waals surface area contributed by atoms with Crippen LogP contribution in [-0.2, 0) is 28.7 Å². The van der Waals surface area contributed by atoms with Crippen LogP contribution in [0.5, 0.6) is 11.5 Å². The van der Waals surface area contributed by atoms with E-state index in [1.54, 1.807) is 76.4 Å². The fourth-order valence-corrected chi connectivity index (χ4v) is 20.2. The Labute approximate surface area is 731 Å². The average Bonchev–Trinajstić information content (AvgIpc) is 1.52. The van der Waals surface area contributed by atoms with Gasteiger partial charge in [0, 0.05) is 192 Å². The molecule has 5 aromatic carbocycles. The van der Waals surface area contributed by atoms with E-state index in [0.29, 0.717) is 51.0 Å². The van der Waals surface area contributed by atoms with Gasteiger partial charge < -0.3 is 74.5 Å². The number of aliphatic hydroxyl groups is 1. The number of anilines is 9. The summed E-state index contributed by atoms with van der Waals surface area (Å²) in [4.78, 5) is 41.7. The van der Waals surface area contributed by atoms with E-state index in [-0.39, 0.29) is 10.2 Å². The maximum Gasteiger partial charge on any atom is 0.294 e. The molecule has 10 heterocycles. The predicted molar refractivity (Wildman–Crippen MR) is 495 cm³/mol. The number of thiazole rings is 2. The second-order valence-electron chi connectivity index (χ2n) is 31.5.